The molecule has 1 aromatic carbocycles. The van der Waals surface area contributed by atoms with Gasteiger partial charge in [0.05, 0.1) is 19.5 Å². The number of benzene rings is 1. The number of H-pyrrole nitrogens is 2. The molecular weight excluding hydrogens is 752 g/mol. The molecule has 53 heavy (non-hydrogen) atoms. The van der Waals surface area contributed by atoms with Gasteiger partial charge in [0.2, 0.25) is 11.3 Å². The Morgan fingerprint density at radius 3 is 2.47 bits per heavy atom. The number of fused-ring (bicyclic) bond motifs is 3. The van der Waals surface area contributed by atoms with Crippen molar-refractivity contribution < 1.29 is 66.8 Å². The number of anilines is 1. The van der Waals surface area contributed by atoms with Crippen molar-refractivity contribution in [1.82, 2.24) is 34.5 Å². The Kier molecular flexibility index (Phi) is 10.4. The minimum Gasteiger partial charge on any atom is -0.388 e. The number of imidazole rings is 1. The third-order valence-corrected chi connectivity index (χ3v) is 10.9. The van der Waals surface area contributed by atoms with Crippen LogP contribution in [0.2, 0.25) is 0 Å². The molecule has 0 amide bonds. The Morgan fingerprint density at radius 1 is 1.04 bits per heavy atom. The molecule has 4 aromatic heterocycles. The number of Topliss-reactive ketones (excluding diaryl/α,β-unsaturated/α-hetero) is 1. The van der Waals surface area contributed by atoms with E-state index in [9.17, 15) is 53.7 Å². The standard InChI is InChI=1S/C27H31N9O15P2/c1-10-3-12-13(4-11(10)2)35(24-18(32-12)25(42)34-27(43)33-24)5-14(37)19(39)15(38)6-48-52(44,45)51-53(46,47)49-7-16-20(40)21(41)26(50-16)36-9-31-17-22(28)29-8-30-23(17)36/h3-4,8-9,15-16,19-21,26,38-41H,5-7H2,1-2H3,(H5,28,29,30,34,42,43,44,45,46,47)/p+1/t15-,16+,19+,20-,21-,26-/m1/s1. The van der Waals surface area contributed by atoms with Gasteiger partial charge in [0.25, 0.3) is 5.56 Å². The zero-order chi connectivity index (χ0) is 38.6. The minimum absolute atomic E-state index is 0.0262. The summed E-state index contributed by atoms with van der Waals surface area (Å²) >= 11 is 0. The van der Waals surface area contributed by atoms with Crippen LogP contribution in [0.5, 0.6) is 0 Å². The molecule has 6 rings (SSSR count). The molecule has 0 bridgehead atoms. The fourth-order valence-corrected chi connectivity index (χ4v) is 7.58. The molecule has 26 heteroatoms. The number of aliphatic hydroxyl groups excluding tert-OH is 4. The van der Waals surface area contributed by atoms with Gasteiger partial charge in [-0.3, -0.25) is 28.2 Å². The van der Waals surface area contributed by atoms with Crippen LogP contribution in [0.25, 0.3) is 33.4 Å². The van der Waals surface area contributed by atoms with Crippen molar-refractivity contribution in [3.63, 3.8) is 0 Å². The van der Waals surface area contributed by atoms with Gasteiger partial charge in [-0.2, -0.15) is 9.29 Å². The predicted molar refractivity (Wildman–Crippen MR) is 175 cm³/mol. The van der Waals surface area contributed by atoms with E-state index in [4.69, 9.17) is 10.5 Å². The van der Waals surface area contributed by atoms with Gasteiger partial charge in [0.1, 0.15) is 47.9 Å². The summed E-state index contributed by atoms with van der Waals surface area (Å²) in [6, 6.07) is 3.26. The van der Waals surface area contributed by atoms with Gasteiger partial charge in [0, 0.05) is 0 Å². The number of aryl methyl sites for hydroxylation is 2. The van der Waals surface area contributed by atoms with Crippen molar-refractivity contribution in [2.75, 3.05) is 18.9 Å². The van der Waals surface area contributed by atoms with Crippen LogP contribution in [0.15, 0.2) is 34.4 Å². The number of aromatic amines is 2. The number of carbonyl (C=O) groups excluding carboxylic acids is 1. The highest BCUT2D eigenvalue weighted by atomic mass is 31.3. The number of hydrogen-bond donors (Lipinski definition) is 9. The maximum Gasteiger partial charge on any atom is 0.481 e. The van der Waals surface area contributed by atoms with Crippen molar-refractivity contribution in [3.05, 3.63) is 56.8 Å². The van der Waals surface area contributed by atoms with Crippen LogP contribution >= 0.6 is 15.6 Å². The first kappa shape index (κ1) is 38.3. The average Bonchev–Trinajstić information content (AvgIpc) is 3.63. The maximum absolute atomic E-state index is 13.1. The largest absolute Gasteiger partial charge is 0.481 e. The Bertz CT molecular complexity index is 2460. The number of nitrogen functional groups attached to an aromatic ring is 1. The van der Waals surface area contributed by atoms with Crippen LogP contribution in [-0.2, 0) is 38.6 Å². The monoisotopic (exact) mass is 784 g/mol. The fraction of sp³-hybridized carbons (Fsp3) is 0.407. The van der Waals surface area contributed by atoms with Gasteiger partial charge in [-0.25, -0.2) is 38.4 Å². The molecule has 1 aliphatic rings. The molecule has 8 atom stereocenters. The van der Waals surface area contributed by atoms with Gasteiger partial charge in [-0.05, 0) is 37.1 Å². The third-order valence-electron chi connectivity index (χ3n) is 8.31. The molecule has 0 spiro atoms. The van der Waals surface area contributed by atoms with Crippen LogP contribution in [0, 0.1) is 13.8 Å². The number of ether oxygens (including phenoxy) is 1. The first-order valence-corrected chi connectivity index (χ1v) is 18.3. The van der Waals surface area contributed by atoms with E-state index in [1.165, 1.54) is 15.5 Å². The van der Waals surface area contributed by atoms with Crippen LogP contribution in [0.1, 0.15) is 17.4 Å². The molecule has 1 aliphatic heterocycles. The SMILES string of the molecule is Cc1cc2nc3c(=O)[nH]c(=O)[nH]c3[n+](CC(=O)[C@H](O)[C@H](O)COP(=O)(O)OP(=O)(O)OC[C@@H]3O[C@@H](n4cnc5c(N)ncnc54)[C@H](O)[C@@H]3O)c2cc1C. The second-order valence-corrected chi connectivity index (χ2v) is 15.0. The molecule has 1 fully saturated rings. The highest BCUT2D eigenvalue weighted by Crippen LogP contribution is 2.60. The van der Waals surface area contributed by atoms with Crippen molar-refractivity contribution in [1.29, 1.82) is 0 Å². The zero-order valence-corrected chi connectivity index (χ0v) is 29.2. The number of nitrogens with zero attached hydrogens (tertiary/aromatic N) is 6. The van der Waals surface area contributed by atoms with Gasteiger partial charge < -0.3 is 40.7 Å². The highest BCUT2D eigenvalue weighted by Gasteiger charge is 2.46. The molecule has 2 unspecified atom stereocenters. The summed E-state index contributed by atoms with van der Waals surface area (Å²) in [5.74, 6) is -1.09. The summed E-state index contributed by atoms with van der Waals surface area (Å²) in [5.41, 5.74) is 5.95. The number of rotatable bonds is 13. The van der Waals surface area contributed by atoms with E-state index in [1.54, 1.807) is 26.0 Å². The van der Waals surface area contributed by atoms with Crippen LogP contribution in [-0.4, -0.2) is 114 Å². The van der Waals surface area contributed by atoms with Gasteiger partial charge in [0.15, 0.2) is 29.8 Å². The molecule has 1 saturated heterocycles. The van der Waals surface area contributed by atoms with Crippen molar-refractivity contribution in [2.45, 2.75) is 57.1 Å². The quantitative estimate of drug-likeness (QED) is 0.0332. The molecular formula is C27H32N9O15P2+. The summed E-state index contributed by atoms with van der Waals surface area (Å²) in [6.45, 7) is 0.548. The number of nitrogens with two attached hydrogens (primary N) is 1. The summed E-state index contributed by atoms with van der Waals surface area (Å²) in [6.07, 6.45) is -8.34. The lowest BCUT2D eigenvalue weighted by molar-refractivity contribution is -0.634. The summed E-state index contributed by atoms with van der Waals surface area (Å²) in [4.78, 5) is 78.4. The third kappa shape index (κ3) is 7.80. The first-order chi connectivity index (χ1) is 24.9. The van der Waals surface area contributed by atoms with Crippen LogP contribution in [0.3, 0.4) is 0 Å². The van der Waals surface area contributed by atoms with Crippen LogP contribution < -0.4 is 21.5 Å². The van der Waals surface area contributed by atoms with E-state index in [1.807, 2.05) is 4.98 Å². The second-order valence-electron chi connectivity index (χ2n) is 11.9. The topological polar surface area (TPSA) is 362 Å². The fourth-order valence-electron chi connectivity index (χ4n) is 5.49. The number of phosphoric ester groups is 2. The van der Waals surface area contributed by atoms with E-state index in [0.29, 0.717) is 0 Å². The molecule has 284 valence electrons. The Balaban J connectivity index is 1.08. The van der Waals surface area contributed by atoms with E-state index < -0.39 is 89.2 Å². The van der Waals surface area contributed by atoms with Crippen molar-refractivity contribution in [2.24, 2.45) is 0 Å². The number of ketones is 1. The lowest BCUT2D eigenvalue weighted by atomic mass is 10.1. The lowest BCUT2D eigenvalue weighted by Gasteiger charge is -2.21. The van der Waals surface area contributed by atoms with Crippen molar-refractivity contribution in [3.8, 4) is 0 Å². The number of aromatic nitrogens is 8. The van der Waals surface area contributed by atoms with E-state index in [-0.39, 0.29) is 39.2 Å². The smallest absolute Gasteiger partial charge is 0.388 e. The second kappa shape index (κ2) is 14.4. The highest BCUT2D eigenvalue weighted by molar-refractivity contribution is 7.61. The number of aliphatic hydroxyl groups is 4. The summed E-state index contributed by atoms with van der Waals surface area (Å²) in [7, 11) is -11.1. The number of phosphoric acid groups is 2. The number of hydrogen-bond acceptors (Lipinski definition) is 18. The molecule has 10 N–H and O–H groups in total. The van der Waals surface area contributed by atoms with Gasteiger partial charge >= 0.3 is 27.0 Å². The Hall–Kier alpha value is -4.42. The lowest BCUT2D eigenvalue weighted by Crippen LogP contribution is -2.48. The van der Waals surface area contributed by atoms with E-state index in [0.717, 1.165) is 17.5 Å². The molecule has 5 heterocycles. The van der Waals surface area contributed by atoms with Crippen LogP contribution in [0.4, 0.5) is 5.82 Å². The molecule has 5 aromatic rings. The average molecular weight is 785 g/mol. The summed E-state index contributed by atoms with van der Waals surface area (Å²) < 4.78 is 46.4. The van der Waals surface area contributed by atoms with E-state index >= 15 is 0 Å². The molecule has 0 radical (unpaired) electrons. The van der Waals surface area contributed by atoms with Gasteiger partial charge in [-0.15, -0.1) is 0 Å². The van der Waals surface area contributed by atoms with Gasteiger partial charge in [-0.1, -0.05) is 0 Å². The first-order valence-electron chi connectivity index (χ1n) is 15.3. The maximum atomic E-state index is 13.1. The Labute approximate surface area is 294 Å². The number of nitrogens with one attached hydrogen (secondary N) is 2. The molecule has 0 aliphatic carbocycles. The molecule has 0 saturated carbocycles. The number of carbonyl (C=O) groups is 1. The normalized spacial score (nSPS) is 22.6. The summed E-state index contributed by atoms with van der Waals surface area (Å²) in [5, 5.41) is 42.0. The zero-order valence-electron chi connectivity index (χ0n) is 27.4. The Morgan fingerprint density at radius 2 is 1.74 bits per heavy atom. The predicted octanol–water partition coefficient (Wildman–Crippen LogP) is -2.75. The minimum atomic E-state index is -5.57. The van der Waals surface area contributed by atoms with E-state index in [2.05, 4.69) is 38.3 Å². The van der Waals surface area contributed by atoms with Crippen molar-refractivity contribution >= 4 is 60.6 Å². The molecule has 24 nitrogen and oxygen atoms in total.